The van der Waals surface area contributed by atoms with Crippen LogP contribution in [-0.4, -0.2) is 35.1 Å². The molecule has 0 atom stereocenters. The van der Waals surface area contributed by atoms with Crippen LogP contribution in [0.15, 0.2) is 0 Å². The molecule has 0 amide bonds. The van der Waals surface area contributed by atoms with E-state index in [4.69, 9.17) is 5.11 Å². The molecule has 3 rings (SSSR count). The minimum absolute atomic E-state index is 0.0332. The molecule has 1 heterocycles. The Bertz CT molecular complexity index is 266. The average molecular weight is 195 g/mol. The number of likely N-dealkylation sites (tertiary alicyclic amines) is 1. The van der Waals surface area contributed by atoms with Crippen molar-refractivity contribution in [1.29, 1.82) is 0 Å². The molecule has 1 aliphatic heterocycles. The SMILES string of the molecule is O=C(O)C1CC2(CCN(C3CC3)C2)C1. The van der Waals surface area contributed by atoms with Crippen LogP contribution in [0.4, 0.5) is 0 Å². The molecule has 2 saturated carbocycles. The maximum atomic E-state index is 10.7. The summed E-state index contributed by atoms with van der Waals surface area (Å²) >= 11 is 0. The molecule has 1 N–H and O–H groups in total. The Morgan fingerprint density at radius 3 is 2.64 bits per heavy atom. The molecule has 0 radical (unpaired) electrons. The van der Waals surface area contributed by atoms with Crippen LogP contribution in [0.1, 0.15) is 32.1 Å². The predicted molar refractivity (Wildman–Crippen MR) is 52.0 cm³/mol. The summed E-state index contributed by atoms with van der Waals surface area (Å²) in [5, 5.41) is 8.85. The third-order valence-corrected chi connectivity index (χ3v) is 4.24. The number of aliphatic carboxylic acids is 1. The van der Waals surface area contributed by atoms with Crippen molar-refractivity contribution in [3.05, 3.63) is 0 Å². The zero-order valence-electron chi connectivity index (χ0n) is 8.41. The molecule has 0 bridgehead atoms. The van der Waals surface area contributed by atoms with E-state index in [1.807, 2.05) is 0 Å². The third-order valence-electron chi connectivity index (χ3n) is 4.24. The molecule has 1 spiro atoms. The summed E-state index contributed by atoms with van der Waals surface area (Å²) in [6.07, 6.45) is 5.86. The van der Waals surface area contributed by atoms with Crippen molar-refractivity contribution in [3.63, 3.8) is 0 Å². The van der Waals surface area contributed by atoms with Crippen LogP contribution in [0.2, 0.25) is 0 Å². The normalized spacial score (nSPS) is 42.7. The van der Waals surface area contributed by atoms with Crippen molar-refractivity contribution in [2.24, 2.45) is 11.3 Å². The van der Waals surface area contributed by atoms with E-state index in [1.54, 1.807) is 0 Å². The minimum Gasteiger partial charge on any atom is -0.481 e. The fourth-order valence-electron chi connectivity index (χ4n) is 3.21. The summed E-state index contributed by atoms with van der Waals surface area (Å²) in [5.74, 6) is -0.616. The van der Waals surface area contributed by atoms with Crippen LogP contribution in [0.5, 0.6) is 0 Å². The van der Waals surface area contributed by atoms with Crippen molar-refractivity contribution < 1.29 is 9.90 Å². The summed E-state index contributed by atoms with van der Waals surface area (Å²) in [7, 11) is 0. The largest absolute Gasteiger partial charge is 0.481 e. The Labute approximate surface area is 84.1 Å². The van der Waals surface area contributed by atoms with Crippen molar-refractivity contribution in [1.82, 2.24) is 4.90 Å². The van der Waals surface area contributed by atoms with E-state index in [-0.39, 0.29) is 5.92 Å². The van der Waals surface area contributed by atoms with Gasteiger partial charge in [-0.3, -0.25) is 9.69 Å². The molecular weight excluding hydrogens is 178 g/mol. The minimum atomic E-state index is -0.583. The van der Waals surface area contributed by atoms with Crippen LogP contribution >= 0.6 is 0 Å². The van der Waals surface area contributed by atoms with Crippen molar-refractivity contribution in [3.8, 4) is 0 Å². The number of carboxylic acids is 1. The van der Waals surface area contributed by atoms with E-state index in [0.29, 0.717) is 5.41 Å². The molecule has 3 aliphatic rings. The van der Waals surface area contributed by atoms with E-state index in [0.717, 1.165) is 18.9 Å². The van der Waals surface area contributed by atoms with Gasteiger partial charge in [-0.25, -0.2) is 0 Å². The van der Waals surface area contributed by atoms with Gasteiger partial charge in [-0.05, 0) is 44.1 Å². The Morgan fingerprint density at radius 2 is 2.07 bits per heavy atom. The second-order valence-electron chi connectivity index (χ2n) is 5.40. The van der Waals surface area contributed by atoms with Crippen LogP contribution in [0, 0.1) is 11.3 Å². The van der Waals surface area contributed by atoms with E-state index in [9.17, 15) is 4.79 Å². The Balaban J connectivity index is 1.58. The van der Waals surface area contributed by atoms with E-state index < -0.39 is 5.97 Å². The molecule has 14 heavy (non-hydrogen) atoms. The average Bonchev–Trinajstić information content (AvgIpc) is 2.81. The monoisotopic (exact) mass is 195 g/mol. The Morgan fingerprint density at radius 1 is 1.36 bits per heavy atom. The lowest BCUT2D eigenvalue weighted by Gasteiger charge is -2.43. The highest BCUT2D eigenvalue weighted by molar-refractivity contribution is 5.71. The zero-order chi connectivity index (χ0) is 9.76. The van der Waals surface area contributed by atoms with E-state index in [1.165, 1.54) is 32.4 Å². The number of carbonyl (C=O) groups is 1. The summed E-state index contributed by atoms with van der Waals surface area (Å²) in [6, 6.07) is 0.859. The van der Waals surface area contributed by atoms with Gasteiger partial charge in [0.25, 0.3) is 0 Å². The molecular formula is C11H17NO2. The van der Waals surface area contributed by atoms with Gasteiger partial charge in [0.15, 0.2) is 0 Å². The van der Waals surface area contributed by atoms with Crippen molar-refractivity contribution in [2.75, 3.05) is 13.1 Å². The second-order valence-corrected chi connectivity index (χ2v) is 5.40. The van der Waals surface area contributed by atoms with Gasteiger partial charge in [-0.15, -0.1) is 0 Å². The molecule has 0 aromatic rings. The highest BCUT2D eigenvalue weighted by Gasteiger charge is 2.52. The van der Waals surface area contributed by atoms with Gasteiger partial charge in [0.05, 0.1) is 5.92 Å². The van der Waals surface area contributed by atoms with E-state index >= 15 is 0 Å². The first-order chi connectivity index (χ1) is 6.69. The van der Waals surface area contributed by atoms with Gasteiger partial charge in [-0.2, -0.15) is 0 Å². The maximum Gasteiger partial charge on any atom is 0.306 e. The number of hydrogen-bond acceptors (Lipinski definition) is 2. The van der Waals surface area contributed by atoms with Gasteiger partial charge in [0, 0.05) is 12.6 Å². The van der Waals surface area contributed by atoms with Crippen LogP contribution in [-0.2, 0) is 4.79 Å². The van der Waals surface area contributed by atoms with Crippen LogP contribution in [0.25, 0.3) is 0 Å². The number of carboxylic acid groups (broad SMARTS) is 1. The van der Waals surface area contributed by atoms with Gasteiger partial charge in [0.1, 0.15) is 0 Å². The number of rotatable bonds is 2. The van der Waals surface area contributed by atoms with Crippen LogP contribution < -0.4 is 0 Å². The van der Waals surface area contributed by atoms with Crippen molar-refractivity contribution in [2.45, 2.75) is 38.1 Å². The standard InChI is InChI=1S/C11H17NO2/c13-10(14)8-5-11(6-8)3-4-12(7-11)9-1-2-9/h8-9H,1-7H2,(H,13,14). The number of hydrogen-bond donors (Lipinski definition) is 1. The van der Waals surface area contributed by atoms with E-state index in [2.05, 4.69) is 4.90 Å². The summed E-state index contributed by atoms with van der Waals surface area (Å²) in [4.78, 5) is 13.3. The molecule has 0 unspecified atom stereocenters. The first-order valence-electron chi connectivity index (χ1n) is 5.65. The summed E-state index contributed by atoms with van der Waals surface area (Å²) < 4.78 is 0. The lowest BCUT2D eigenvalue weighted by Crippen LogP contribution is -2.43. The van der Waals surface area contributed by atoms with Gasteiger partial charge in [-0.1, -0.05) is 0 Å². The summed E-state index contributed by atoms with van der Waals surface area (Å²) in [5.41, 5.74) is 0.408. The Hall–Kier alpha value is -0.570. The molecule has 1 saturated heterocycles. The lowest BCUT2D eigenvalue weighted by molar-refractivity contribution is -0.149. The highest BCUT2D eigenvalue weighted by atomic mass is 16.4. The molecule has 78 valence electrons. The fraction of sp³-hybridized carbons (Fsp3) is 0.909. The quantitative estimate of drug-likeness (QED) is 0.722. The first kappa shape index (κ1) is 8.72. The highest BCUT2D eigenvalue weighted by Crippen LogP contribution is 2.53. The molecule has 3 heteroatoms. The molecule has 2 aliphatic carbocycles. The summed E-state index contributed by atoms with van der Waals surface area (Å²) in [6.45, 7) is 2.40. The maximum absolute atomic E-state index is 10.7. The lowest BCUT2D eigenvalue weighted by atomic mass is 9.61. The fourth-order valence-corrected chi connectivity index (χ4v) is 3.21. The molecule has 0 aromatic carbocycles. The predicted octanol–water partition coefficient (Wildman–Crippen LogP) is 1.34. The van der Waals surface area contributed by atoms with Crippen LogP contribution in [0.3, 0.4) is 0 Å². The topological polar surface area (TPSA) is 40.5 Å². The van der Waals surface area contributed by atoms with Crippen molar-refractivity contribution >= 4 is 5.97 Å². The Kier molecular flexibility index (Phi) is 1.69. The van der Waals surface area contributed by atoms with Gasteiger partial charge >= 0.3 is 5.97 Å². The van der Waals surface area contributed by atoms with Gasteiger partial charge in [0.2, 0.25) is 0 Å². The number of nitrogens with zero attached hydrogens (tertiary/aromatic N) is 1. The second kappa shape index (κ2) is 2.72. The van der Waals surface area contributed by atoms with Gasteiger partial charge < -0.3 is 5.11 Å². The molecule has 0 aromatic heterocycles. The third kappa shape index (κ3) is 1.26. The smallest absolute Gasteiger partial charge is 0.306 e. The zero-order valence-corrected chi connectivity index (χ0v) is 8.41. The first-order valence-corrected chi connectivity index (χ1v) is 5.65. The molecule has 3 fully saturated rings. The molecule has 3 nitrogen and oxygen atoms in total.